The molecule has 1 atom stereocenters. The highest BCUT2D eigenvalue weighted by atomic mass is 16.6. The summed E-state index contributed by atoms with van der Waals surface area (Å²) in [6.07, 6.45) is 0. The standard InChI is InChI=1S/C14H17N3O3/c1-8(2)11(15)13-16-14(20-17-13)9-4-3-5-10-12(9)19-7-6-18-10/h3-5,8,11H,6-7,15H2,1-2H3. The third kappa shape index (κ3) is 2.22. The summed E-state index contributed by atoms with van der Waals surface area (Å²) in [4.78, 5) is 4.37. The maximum atomic E-state index is 6.03. The van der Waals surface area contributed by atoms with Gasteiger partial charge in [0.25, 0.3) is 5.89 Å². The maximum absolute atomic E-state index is 6.03. The molecule has 0 fully saturated rings. The molecule has 106 valence electrons. The summed E-state index contributed by atoms with van der Waals surface area (Å²) in [7, 11) is 0. The number of fused-ring (bicyclic) bond motifs is 1. The van der Waals surface area contributed by atoms with Crippen molar-refractivity contribution in [1.29, 1.82) is 0 Å². The molecule has 0 saturated heterocycles. The van der Waals surface area contributed by atoms with Crippen molar-refractivity contribution in [3.8, 4) is 23.0 Å². The molecule has 1 unspecified atom stereocenters. The Hall–Kier alpha value is -2.08. The fourth-order valence-corrected chi connectivity index (χ4v) is 2.02. The second-order valence-corrected chi connectivity index (χ2v) is 5.06. The quantitative estimate of drug-likeness (QED) is 0.924. The van der Waals surface area contributed by atoms with Crippen molar-refractivity contribution in [3.05, 3.63) is 24.0 Å². The fourth-order valence-electron chi connectivity index (χ4n) is 2.02. The fraction of sp³-hybridized carbons (Fsp3) is 0.429. The van der Waals surface area contributed by atoms with Crippen LogP contribution in [-0.4, -0.2) is 23.4 Å². The average Bonchev–Trinajstić information content (AvgIpc) is 2.95. The number of ether oxygens (including phenoxy) is 2. The first-order chi connectivity index (χ1) is 9.66. The Balaban J connectivity index is 1.98. The molecule has 0 spiro atoms. The number of rotatable bonds is 3. The van der Waals surface area contributed by atoms with Gasteiger partial charge in [0.05, 0.1) is 11.6 Å². The third-order valence-electron chi connectivity index (χ3n) is 3.25. The van der Waals surface area contributed by atoms with Gasteiger partial charge in [-0.1, -0.05) is 25.1 Å². The van der Waals surface area contributed by atoms with E-state index < -0.39 is 0 Å². The minimum atomic E-state index is -0.246. The molecule has 0 bridgehead atoms. The number of benzene rings is 1. The molecule has 6 nitrogen and oxygen atoms in total. The molecule has 2 aromatic rings. The van der Waals surface area contributed by atoms with Gasteiger partial charge in [0.1, 0.15) is 13.2 Å². The van der Waals surface area contributed by atoms with Crippen LogP contribution in [0.25, 0.3) is 11.5 Å². The summed E-state index contributed by atoms with van der Waals surface area (Å²) in [5.41, 5.74) is 6.76. The zero-order valence-electron chi connectivity index (χ0n) is 11.5. The monoisotopic (exact) mass is 275 g/mol. The van der Waals surface area contributed by atoms with E-state index in [1.54, 1.807) is 0 Å². The normalized spacial score (nSPS) is 15.4. The Labute approximate surface area is 116 Å². The van der Waals surface area contributed by atoms with Gasteiger partial charge in [0, 0.05) is 0 Å². The second-order valence-electron chi connectivity index (χ2n) is 5.06. The molecule has 1 aromatic heterocycles. The Morgan fingerprint density at radius 3 is 2.80 bits per heavy atom. The maximum Gasteiger partial charge on any atom is 0.261 e. The van der Waals surface area contributed by atoms with Crippen molar-refractivity contribution in [2.45, 2.75) is 19.9 Å². The van der Waals surface area contributed by atoms with Crippen molar-refractivity contribution in [3.63, 3.8) is 0 Å². The van der Waals surface area contributed by atoms with Crippen LogP contribution in [0.15, 0.2) is 22.7 Å². The zero-order valence-corrected chi connectivity index (χ0v) is 11.5. The lowest BCUT2D eigenvalue weighted by Crippen LogP contribution is -2.18. The van der Waals surface area contributed by atoms with Crippen LogP contribution in [0.4, 0.5) is 0 Å². The summed E-state index contributed by atoms with van der Waals surface area (Å²) in [5.74, 6) is 2.49. The molecule has 20 heavy (non-hydrogen) atoms. The summed E-state index contributed by atoms with van der Waals surface area (Å²) in [6, 6.07) is 5.35. The molecule has 1 aliphatic rings. The Bertz CT molecular complexity index is 609. The van der Waals surface area contributed by atoms with E-state index in [2.05, 4.69) is 10.1 Å². The smallest absolute Gasteiger partial charge is 0.261 e. The zero-order chi connectivity index (χ0) is 14.1. The van der Waals surface area contributed by atoms with Crippen LogP contribution < -0.4 is 15.2 Å². The van der Waals surface area contributed by atoms with Crippen molar-refractivity contribution < 1.29 is 14.0 Å². The molecule has 0 saturated carbocycles. The molecule has 0 aliphatic carbocycles. The van der Waals surface area contributed by atoms with Gasteiger partial charge < -0.3 is 19.7 Å². The number of hydrogen-bond donors (Lipinski definition) is 1. The molecular formula is C14H17N3O3. The van der Waals surface area contributed by atoms with Crippen LogP contribution in [0.5, 0.6) is 11.5 Å². The van der Waals surface area contributed by atoms with Crippen molar-refractivity contribution >= 4 is 0 Å². The van der Waals surface area contributed by atoms with Crippen LogP contribution in [0, 0.1) is 5.92 Å². The van der Waals surface area contributed by atoms with Gasteiger partial charge >= 0.3 is 0 Å². The second kappa shape index (κ2) is 5.13. The highest BCUT2D eigenvalue weighted by Crippen LogP contribution is 2.39. The number of hydrogen-bond acceptors (Lipinski definition) is 6. The van der Waals surface area contributed by atoms with Crippen LogP contribution in [0.2, 0.25) is 0 Å². The molecule has 6 heteroatoms. The van der Waals surface area contributed by atoms with Gasteiger partial charge in [-0.3, -0.25) is 0 Å². The molecule has 1 aliphatic heterocycles. The number of para-hydroxylation sites is 1. The first kappa shape index (κ1) is 12.9. The van der Waals surface area contributed by atoms with Gasteiger partial charge in [-0.15, -0.1) is 0 Å². The van der Waals surface area contributed by atoms with Gasteiger partial charge in [-0.25, -0.2) is 0 Å². The van der Waals surface area contributed by atoms with Gasteiger partial charge in [0.15, 0.2) is 17.3 Å². The van der Waals surface area contributed by atoms with Crippen molar-refractivity contribution in [2.75, 3.05) is 13.2 Å². The van der Waals surface area contributed by atoms with E-state index >= 15 is 0 Å². The predicted molar refractivity (Wildman–Crippen MR) is 72.5 cm³/mol. The largest absolute Gasteiger partial charge is 0.486 e. The highest BCUT2D eigenvalue weighted by Gasteiger charge is 2.23. The minimum absolute atomic E-state index is 0.240. The van der Waals surface area contributed by atoms with Gasteiger partial charge in [-0.05, 0) is 18.1 Å². The van der Waals surface area contributed by atoms with E-state index in [9.17, 15) is 0 Å². The lowest BCUT2D eigenvalue weighted by Gasteiger charge is -2.19. The molecular weight excluding hydrogens is 258 g/mol. The molecule has 0 amide bonds. The summed E-state index contributed by atoms with van der Waals surface area (Å²) in [5, 5.41) is 3.96. The summed E-state index contributed by atoms with van der Waals surface area (Å²) in [6.45, 7) is 5.09. The van der Waals surface area contributed by atoms with E-state index in [1.165, 1.54) is 0 Å². The van der Waals surface area contributed by atoms with Crippen molar-refractivity contribution in [2.24, 2.45) is 11.7 Å². The SMILES string of the molecule is CC(C)C(N)c1noc(-c2cccc3c2OCCO3)n1. The van der Waals surface area contributed by atoms with Gasteiger partial charge in [-0.2, -0.15) is 4.98 Å². The van der Waals surface area contributed by atoms with Crippen molar-refractivity contribution in [1.82, 2.24) is 10.1 Å². The number of nitrogens with two attached hydrogens (primary N) is 1. The molecule has 2 heterocycles. The summed E-state index contributed by atoms with van der Waals surface area (Å²) < 4.78 is 16.5. The minimum Gasteiger partial charge on any atom is -0.486 e. The van der Waals surface area contributed by atoms with E-state index in [0.717, 1.165) is 5.56 Å². The number of nitrogens with zero attached hydrogens (tertiary/aromatic N) is 2. The lowest BCUT2D eigenvalue weighted by molar-refractivity contribution is 0.172. The average molecular weight is 275 g/mol. The number of aromatic nitrogens is 2. The van der Waals surface area contributed by atoms with Crippen LogP contribution >= 0.6 is 0 Å². The van der Waals surface area contributed by atoms with Crippen LogP contribution in [0.1, 0.15) is 25.7 Å². The lowest BCUT2D eigenvalue weighted by atomic mass is 10.1. The van der Waals surface area contributed by atoms with Gasteiger partial charge in [0.2, 0.25) is 0 Å². The van der Waals surface area contributed by atoms with Crippen LogP contribution in [0.3, 0.4) is 0 Å². The summed E-state index contributed by atoms with van der Waals surface area (Å²) >= 11 is 0. The first-order valence-corrected chi connectivity index (χ1v) is 6.65. The first-order valence-electron chi connectivity index (χ1n) is 6.65. The predicted octanol–water partition coefficient (Wildman–Crippen LogP) is 2.16. The Morgan fingerprint density at radius 1 is 1.20 bits per heavy atom. The van der Waals surface area contributed by atoms with E-state index in [0.29, 0.717) is 36.4 Å². The van der Waals surface area contributed by atoms with E-state index in [-0.39, 0.29) is 12.0 Å². The van der Waals surface area contributed by atoms with E-state index in [4.69, 9.17) is 19.7 Å². The third-order valence-corrected chi connectivity index (χ3v) is 3.25. The van der Waals surface area contributed by atoms with E-state index in [1.807, 2.05) is 32.0 Å². The molecule has 1 aromatic carbocycles. The Kier molecular flexibility index (Phi) is 3.31. The topological polar surface area (TPSA) is 83.4 Å². The Morgan fingerprint density at radius 2 is 2.00 bits per heavy atom. The molecule has 3 rings (SSSR count). The molecule has 0 radical (unpaired) electrons. The van der Waals surface area contributed by atoms with Crippen LogP contribution in [-0.2, 0) is 0 Å². The highest BCUT2D eigenvalue weighted by molar-refractivity contribution is 5.67. The molecule has 2 N–H and O–H groups in total.